The number of rotatable bonds is 2. The zero-order chi connectivity index (χ0) is 13.9. The van der Waals surface area contributed by atoms with Crippen LogP contribution >= 0.6 is 11.3 Å². The number of hydrogen-bond donors (Lipinski definition) is 1. The van der Waals surface area contributed by atoms with E-state index in [0.717, 1.165) is 36.1 Å². The molecular weight excluding hydrogens is 254 g/mol. The highest BCUT2D eigenvalue weighted by Gasteiger charge is 2.39. The Balaban J connectivity index is 2.28. The lowest BCUT2D eigenvalue weighted by atomic mass is 9.71. The summed E-state index contributed by atoms with van der Waals surface area (Å²) in [5.74, 6) is 0. The van der Waals surface area contributed by atoms with Gasteiger partial charge in [-0.25, -0.2) is 0 Å². The number of hydrogen-bond acceptors (Lipinski definition) is 3. The Morgan fingerprint density at radius 3 is 2.26 bits per heavy atom. The van der Waals surface area contributed by atoms with Crippen molar-refractivity contribution in [1.29, 1.82) is 5.26 Å². The summed E-state index contributed by atoms with van der Waals surface area (Å²) < 4.78 is 0. The monoisotopic (exact) mass is 277 g/mol. The topological polar surface area (TPSA) is 44.0 Å². The lowest BCUT2D eigenvalue weighted by Crippen LogP contribution is -2.28. The average molecular weight is 277 g/mol. The second-order valence-electron chi connectivity index (χ2n) is 5.81. The lowest BCUT2D eigenvalue weighted by molar-refractivity contribution is 0.0433. The summed E-state index contributed by atoms with van der Waals surface area (Å²) in [6.45, 7) is 4.11. The Kier molecular flexibility index (Phi) is 4.65. The van der Waals surface area contributed by atoms with E-state index in [1.54, 1.807) is 11.3 Å². The van der Waals surface area contributed by atoms with E-state index in [-0.39, 0.29) is 0 Å². The minimum atomic E-state index is -0.624. The molecule has 1 unspecified atom stereocenters. The van der Waals surface area contributed by atoms with Crippen molar-refractivity contribution < 1.29 is 5.11 Å². The predicted octanol–water partition coefficient (Wildman–Crippen LogP) is 4.65. The summed E-state index contributed by atoms with van der Waals surface area (Å²) in [6.07, 6.45) is 6.82. The van der Waals surface area contributed by atoms with E-state index in [1.807, 2.05) is 6.92 Å². The molecule has 1 atom stereocenters. The Hall–Kier alpha value is -0.850. The molecule has 1 aliphatic rings. The molecule has 104 valence electrons. The van der Waals surface area contributed by atoms with Crippen LogP contribution < -0.4 is 0 Å². The molecule has 1 fully saturated rings. The largest absolute Gasteiger partial charge is 0.387 e. The fourth-order valence-corrected chi connectivity index (χ4v) is 4.16. The molecule has 1 aliphatic carbocycles. The normalized spacial score (nSPS) is 21.2. The van der Waals surface area contributed by atoms with E-state index in [2.05, 4.69) is 19.1 Å². The average Bonchev–Trinajstić information content (AvgIpc) is 2.68. The molecular formula is C16H23NOS. The minimum Gasteiger partial charge on any atom is -0.387 e. The summed E-state index contributed by atoms with van der Waals surface area (Å²) in [7, 11) is 0. The van der Waals surface area contributed by atoms with Gasteiger partial charge in [-0.1, -0.05) is 32.1 Å². The molecule has 0 aromatic carbocycles. The van der Waals surface area contributed by atoms with Crippen LogP contribution in [0.4, 0.5) is 0 Å². The molecule has 3 heteroatoms. The molecule has 0 spiro atoms. The molecule has 2 rings (SSSR count). The molecule has 19 heavy (non-hydrogen) atoms. The fourth-order valence-electron chi connectivity index (χ4n) is 3.20. The third-order valence-electron chi connectivity index (χ3n) is 4.37. The first-order chi connectivity index (χ1) is 9.09. The first-order valence-electron chi connectivity index (χ1n) is 7.25. The highest BCUT2D eigenvalue weighted by atomic mass is 32.1. The Morgan fingerprint density at radius 2 is 1.79 bits per heavy atom. The molecule has 1 aromatic heterocycles. The van der Waals surface area contributed by atoms with Gasteiger partial charge in [0.1, 0.15) is 0 Å². The Labute approximate surface area is 120 Å². The maximum absolute atomic E-state index is 10.8. The van der Waals surface area contributed by atoms with Crippen LogP contribution in [0.15, 0.2) is 6.07 Å². The van der Waals surface area contributed by atoms with E-state index in [0.29, 0.717) is 0 Å². The number of thiophene rings is 1. The van der Waals surface area contributed by atoms with Gasteiger partial charge in [-0.15, -0.1) is 11.3 Å². The molecule has 0 saturated heterocycles. The SMILES string of the molecule is Cc1cc(C(O)C2(C#N)CCCCCCC2)c(C)s1. The number of aliphatic hydroxyl groups excluding tert-OH is 1. The second-order valence-corrected chi connectivity index (χ2v) is 7.27. The first-order valence-corrected chi connectivity index (χ1v) is 8.07. The number of aryl methyl sites for hydroxylation is 2. The molecule has 0 amide bonds. The van der Waals surface area contributed by atoms with Gasteiger partial charge in [-0.3, -0.25) is 0 Å². The van der Waals surface area contributed by atoms with Crippen molar-refractivity contribution in [3.63, 3.8) is 0 Å². The standard InChI is InChI=1S/C16H23NOS/c1-12-10-14(13(2)19-12)15(18)16(11-17)8-6-4-3-5-7-9-16/h10,15,18H,3-9H2,1-2H3. The van der Waals surface area contributed by atoms with Gasteiger partial charge in [0.2, 0.25) is 0 Å². The highest BCUT2D eigenvalue weighted by Crippen LogP contribution is 2.45. The summed E-state index contributed by atoms with van der Waals surface area (Å²) in [5.41, 5.74) is 0.406. The number of nitrogens with zero attached hydrogens (tertiary/aromatic N) is 1. The van der Waals surface area contributed by atoms with Crippen LogP contribution in [0.3, 0.4) is 0 Å². The summed E-state index contributed by atoms with van der Waals surface area (Å²) >= 11 is 1.71. The van der Waals surface area contributed by atoms with E-state index < -0.39 is 11.5 Å². The minimum absolute atomic E-state index is 0.571. The molecule has 2 nitrogen and oxygen atoms in total. The van der Waals surface area contributed by atoms with Gasteiger partial charge in [0, 0.05) is 9.75 Å². The predicted molar refractivity (Wildman–Crippen MR) is 79.1 cm³/mol. The summed E-state index contributed by atoms with van der Waals surface area (Å²) in [5, 5.41) is 20.5. The van der Waals surface area contributed by atoms with Crippen LogP contribution in [0.2, 0.25) is 0 Å². The van der Waals surface area contributed by atoms with Crippen molar-refractivity contribution in [1.82, 2.24) is 0 Å². The van der Waals surface area contributed by atoms with Crippen molar-refractivity contribution in [2.24, 2.45) is 5.41 Å². The molecule has 1 saturated carbocycles. The second kappa shape index (κ2) is 6.07. The molecule has 1 aromatic rings. The molecule has 0 radical (unpaired) electrons. The smallest absolute Gasteiger partial charge is 0.0986 e. The van der Waals surface area contributed by atoms with Gasteiger partial charge in [-0.05, 0) is 38.3 Å². The van der Waals surface area contributed by atoms with Crippen LogP contribution in [0, 0.1) is 30.6 Å². The van der Waals surface area contributed by atoms with Gasteiger partial charge in [0.25, 0.3) is 0 Å². The third kappa shape index (κ3) is 3.01. The van der Waals surface area contributed by atoms with Crippen molar-refractivity contribution in [3.05, 3.63) is 21.4 Å². The summed E-state index contributed by atoms with van der Waals surface area (Å²) in [6, 6.07) is 4.53. The maximum atomic E-state index is 10.8. The quantitative estimate of drug-likeness (QED) is 0.855. The number of nitriles is 1. The van der Waals surface area contributed by atoms with Crippen molar-refractivity contribution >= 4 is 11.3 Å². The van der Waals surface area contributed by atoms with E-state index in [1.165, 1.54) is 24.1 Å². The van der Waals surface area contributed by atoms with E-state index in [4.69, 9.17) is 0 Å². The number of aliphatic hydroxyl groups is 1. The maximum Gasteiger partial charge on any atom is 0.0986 e. The Morgan fingerprint density at radius 1 is 1.21 bits per heavy atom. The zero-order valence-electron chi connectivity index (χ0n) is 11.9. The molecule has 1 N–H and O–H groups in total. The fraction of sp³-hybridized carbons (Fsp3) is 0.688. The molecule has 0 bridgehead atoms. The molecule has 0 aliphatic heterocycles. The van der Waals surface area contributed by atoms with Gasteiger partial charge in [-0.2, -0.15) is 5.26 Å². The highest BCUT2D eigenvalue weighted by molar-refractivity contribution is 7.12. The van der Waals surface area contributed by atoms with Crippen molar-refractivity contribution in [2.45, 2.75) is 64.9 Å². The van der Waals surface area contributed by atoms with Crippen molar-refractivity contribution in [2.75, 3.05) is 0 Å². The molecule has 1 heterocycles. The van der Waals surface area contributed by atoms with E-state index in [9.17, 15) is 10.4 Å². The van der Waals surface area contributed by atoms with Gasteiger partial charge in [0.05, 0.1) is 17.6 Å². The Bertz CT molecular complexity index is 464. The van der Waals surface area contributed by atoms with Crippen LogP contribution in [0.1, 0.15) is 66.4 Å². The zero-order valence-corrected chi connectivity index (χ0v) is 12.7. The van der Waals surface area contributed by atoms with Crippen LogP contribution in [0.25, 0.3) is 0 Å². The van der Waals surface area contributed by atoms with Crippen LogP contribution in [-0.2, 0) is 0 Å². The lowest BCUT2D eigenvalue weighted by Gasteiger charge is -2.33. The third-order valence-corrected chi connectivity index (χ3v) is 5.35. The van der Waals surface area contributed by atoms with Crippen LogP contribution in [0.5, 0.6) is 0 Å². The van der Waals surface area contributed by atoms with Crippen molar-refractivity contribution in [3.8, 4) is 6.07 Å². The van der Waals surface area contributed by atoms with Gasteiger partial charge < -0.3 is 5.11 Å². The van der Waals surface area contributed by atoms with Gasteiger partial charge >= 0.3 is 0 Å². The van der Waals surface area contributed by atoms with Crippen LogP contribution in [-0.4, -0.2) is 5.11 Å². The van der Waals surface area contributed by atoms with E-state index >= 15 is 0 Å². The first kappa shape index (κ1) is 14.6. The summed E-state index contributed by atoms with van der Waals surface area (Å²) in [4.78, 5) is 2.37. The van der Waals surface area contributed by atoms with Gasteiger partial charge in [0.15, 0.2) is 0 Å².